The first-order valence-corrected chi connectivity index (χ1v) is 14.5. The summed E-state index contributed by atoms with van der Waals surface area (Å²) < 4.78 is 66.2. The maximum atomic E-state index is 14.4. The van der Waals surface area contributed by atoms with E-state index in [1.165, 1.54) is 34.8 Å². The van der Waals surface area contributed by atoms with E-state index in [9.17, 15) is 32.3 Å². The number of anilines is 1. The zero-order valence-corrected chi connectivity index (χ0v) is 24.0. The number of alkyl halides is 4. The van der Waals surface area contributed by atoms with Crippen LogP contribution >= 0.6 is 0 Å². The van der Waals surface area contributed by atoms with Gasteiger partial charge in [0.15, 0.2) is 11.5 Å². The number of carbonyl (C=O) groups excluding carboxylic acids is 1. The van der Waals surface area contributed by atoms with E-state index in [2.05, 4.69) is 14.6 Å². The van der Waals surface area contributed by atoms with Gasteiger partial charge >= 0.3 is 12.3 Å². The van der Waals surface area contributed by atoms with Gasteiger partial charge in [-0.3, -0.25) is 4.79 Å². The molecule has 0 radical (unpaired) electrons. The maximum absolute atomic E-state index is 14.4. The van der Waals surface area contributed by atoms with Gasteiger partial charge in [0.25, 0.3) is 12.3 Å². The number of nitrogens with zero attached hydrogens (tertiary/aromatic N) is 3. The molecule has 1 amide bonds. The summed E-state index contributed by atoms with van der Waals surface area (Å²) >= 11 is 0. The molecule has 1 fully saturated rings. The van der Waals surface area contributed by atoms with E-state index in [1.807, 2.05) is 12.1 Å². The molecule has 3 aromatic carbocycles. The highest BCUT2D eigenvalue weighted by atomic mass is 19.3. The van der Waals surface area contributed by atoms with Crippen molar-refractivity contribution in [2.75, 3.05) is 11.9 Å². The van der Waals surface area contributed by atoms with E-state index in [1.54, 1.807) is 36.4 Å². The summed E-state index contributed by atoms with van der Waals surface area (Å²) in [5.41, 5.74) is 2.67. The number of amides is 1. The lowest BCUT2D eigenvalue weighted by Gasteiger charge is -2.32. The fourth-order valence-corrected chi connectivity index (χ4v) is 6.77. The lowest BCUT2D eigenvalue weighted by molar-refractivity contribution is -0.286. The summed E-state index contributed by atoms with van der Waals surface area (Å²) in [5, 5.41) is 13.8. The first kappa shape index (κ1) is 28.9. The number of carbonyl (C=O) groups is 2. The largest absolute Gasteiger partial charge is 0.586 e. The van der Waals surface area contributed by atoms with Crippen LogP contribution in [-0.4, -0.2) is 40.1 Å². The number of aromatic carboxylic acids is 1. The summed E-state index contributed by atoms with van der Waals surface area (Å²) in [5.74, 6) is -1.99. The van der Waals surface area contributed by atoms with Crippen LogP contribution in [0.2, 0.25) is 0 Å². The molecule has 0 saturated heterocycles. The third kappa shape index (κ3) is 4.88. The Labute approximate surface area is 254 Å². The normalized spacial score (nSPS) is 18.8. The highest BCUT2D eigenvalue weighted by Gasteiger charge is 2.54. The molecule has 2 heterocycles. The Morgan fingerprint density at radius 3 is 2.42 bits per heavy atom. The molecule has 7 rings (SSSR count). The molecule has 1 unspecified atom stereocenters. The molecule has 12 heteroatoms. The van der Waals surface area contributed by atoms with Crippen molar-refractivity contribution in [1.82, 2.24) is 9.78 Å². The average molecular weight is 622 g/mol. The van der Waals surface area contributed by atoms with Gasteiger partial charge in [0.2, 0.25) is 0 Å². The van der Waals surface area contributed by atoms with Crippen LogP contribution in [0.5, 0.6) is 11.5 Å². The number of aromatic nitrogens is 2. The molecule has 4 aromatic rings. The molecule has 1 saturated carbocycles. The minimum Gasteiger partial charge on any atom is -0.478 e. The smallest absolute Gasteiger partial charge is 0.478 e. The number of benzene rings is 3. The van der Waals surface area contributed by atoms with E-state index < -0.39 is 24.6 Å². The van der Waals surface area contributed by atoms with Crippen LogP contribution in [0.25, 0.3) is 5.69 Å². The van der Waals surface area contributed by atoms with Crippen molar-refractivity contribution in [3.05, 3.63) is 100 Å². The maximum Gasteiger partial charge on any atom is 0.586 e. The van der Waals surface area contributed by atoms with E-state index in [0.29, 0.717) is 29.8 Å². The first-order chi connectivity index (χ1) is 21.5. The number of carboxylic acids is 1. The molecular weight excluding hydrogens is 594 g/mol. The molecule has 1 aromatic heterocycles. The second-order valence-corrected chi connectivity index (χ2v) is 11.7. The zero-order chi connectivity index (χ0) is 31.7. The van der Waals surface area contributed by atoms with Gasteiger partial charge in [-0.1, -0.05) is 18.2 Å². The minimum atomic E-state index is -3.79. The summed E-state index contributed by atoms with van der Waals surface area (Å²) in [4.78, 5) is 26.3. The van der Waals surface area contributed by atoms with E-state index >= 15 is 0 Å². The molecule has 3 aliphatic rings. The van der Waals surface area contributed by atoms with Crippen LogP contribution in [0, 0.1) is 0 Å². The summed E-state index contributed by atoms with van der Waals surface area (Å²) in [6.07, 6.45) is -3.04. The molecule has 232 valence electrons. The van der Waals surface area contributed by atoms with Crippen molar-refractivity contribution in [2.45, 2.75) is 56.2 Å². The van der Waals surface area contributed by atoms with Gasteiger partial charge in [0, 0.05) is 41.3 Å². The van der Waals surface area contributed by atoms with Crippen molar-refractivity contribution in [1.29, 1.82) is 0 Å². The molecular formula is C33H27F4N3O5. The van der Waals surface area contributed by atoms with Gasteiger partial charge in [-0.05, 0) is 80.1 Å². The number of halogens is 4. The topological polar surface area (TPSA) is 93.9 Å². The molecule has 1 N–H and O–H groups in total. The van der Waals surface area contributed by atoms with Crippen LogP contribution in [0.3, 0.4) is 0 Å². The van der Waals surface area contributed by atoms with Crippen LogP contribution in [0.1, 0.15) is 81.3 Å². The summed E-state index contributed by atoms with van der Waals surface area (Å²) in [7, 11) is 1.48. The first-order valence-electron chi connectivity index (χ1n) is 14.5. The van der Waals surface area contributed by atoms with Gasteiger partial charge in [-0.25, -0.2) is 18.3 Å². The van der Waals surface area contributed by atoms with Gasteiger partial charge in [0.1, 0.15) is 5.69 Å². The predicted molar refractivity (Wildman–Crippen MR) is 154 cm³/mol. The fourth-order valence-electron chi connectivity index (χ4n) is 6.77. The second-order valence-electron chi connectivity index (χ2n) is 11.7. The average Bonchev–Trinajstić information content (AvgIpc) is 3.64. The van der Waals surface area contributed by atoms with Crippen LogP contribution < -0.4 is 14.4 Å². The Hall–Kier alpha value is -4.87. The minimum absolute atomic E-state index is 0.147. The van der Waals surface area contributed by atoms with E-state index in [-0.39, 0.29) is 45.3 Å². The van der Waals surface area contributed by atoms with Crippen molar-refractivity contribution in [3.63, 3.8) is 0 Å². The second kappa shape index (κ2) is 10.4. The molecule has 8 nitrogen and oxygen atoms in total. The number of rotatable bonds is 7. The highest BCUT2D eigenvalue weighted by molar-refractivity contribution is 6.06. The molecule has 2 aliphatic carbocycles. The van der Waals surface area contributed by atoms with Crippen LogP contribution in [-0.2, 0) is 11.8 Å². The quantitative estimate of drug-likeness (QED) is 0.219. The van der Waals surface area contributed by atoms with Gasteiger partial charge in [0.05, 0.1) is 16.9 Å². The molecule has 45 heavy (non-hydrogen) atoms. The van der Waals surface area contributed by atoms with Crippen LogP contribution in [0.15, 0.2) is 66.7 Å². The number of hydrogen-bond acceptors (Lipinski definition) is 5. The Morgan fingerprint density at radius 1 is 1.00 bits per heavy atom. The van der Waals surface area contributed by atoms with E-state index in [0.717, 1.165) is 24.8 Å². The number of carboxylic acid groups (broad SMARTS) is 1. The molecule has 0 bridgehead atoms. The molecule has 0 spiro atoms. The van der Waals surface area contributed by atoms with Crippen LogP contribution in [0.4, 0.5) is 23.2 Å². The SMILES string of the molecule is CN(C(=O)c1cccc(-n2nc(C(F)F)c3c2C(C2(c4ccc(C(=O)O)cc4)CC2)CCC3)c1)c1ccc2c(c1)OC(F)(F)O2. The van der Waals surface area contributed by atoms with Crippen molar-refractivity contribution >= 4 is 17.6 Å². The predicted octanol–water partition coefficient (Wildman–Crippen LogP) is 7.26. The number of hydrogen-bond donors (Lipinski definition) is 1. The monoisotopic (exact) mass is 621 g/mol. The fraction of sp³-hybridized carbons (Fsp3) is 0.303. The number of ether oxygens (including phenoxy) is 2. The Bertz CT molecular complexity index is 1830. The zero-order valence-electron chi connectivity index (χ0n) is 24.0. The third-order valence-corrected chi connectivity index (χ3v) is 9.09. The molecule has 1 atom stereocenters. The van der Waals surface area contributed by atoms with Crippen molar-refractivity contribution in [3.8, 4) is 17.2 Å². The highest BCUT2D eigenvalue weighted by Crippen LogP contribution is 2.61. The number of fused-ring (bicyclic) bond motifs is 2. The van der Waals surface area contributed by atoms with Gasteiger partial charge in [-0.2, -0.15) is 5.10 Å². The van der Waals surface area contributed by atoms with E-state index in [4.69, 9.17) is 0 Å². The summed E-state index contributed by atoms with van der Waals surface area (Å²) in [6, 6.07) is 17.3. The summed E-state index contributed by atoms with van der Waals surface area (Å²) in [6.45, 7) is 0. The lowest BCUT2D eigenvalue weighted by atomic mass is 9.73. The standard InChI is InChI=1S/C33H27F4N3O5/c1-39(21-12-13-25-26(17-21)45-33(36,37)44-25)30(41)19-4-2-5-22(16-19)40-28-23(27(38-40)29(34)35)6-3-7-24(28)32(14-15-32)20-10-8-18(9-11-20)31(42)43/h2,4-5,8-13,16-17,24,29H,3,6-7,14-15H2,1H3,(H,42,43). The Balaban J connectivity index is 1.25. The van der Waals surface area contributed by atoms with Crippen molar-refractivity contribution in [2.24, 2.45) is 0 Å². The van der Waals surface area contributed by atoms with Crippen molar-refractivity contribution < 1.29 is 41.7 Å². The molecule has 1 aliphatic heterocycles. The van der Waals surface area contributed by atoms with Gasteiger partial charge in [-0.15, -0.1) is 8.78 Å². The third-order valence-electron chi connectivity index (χ3n) is 9.09. The lowest BCUT2D eigenvalue weighted by Crippen LogP contribution is -2.27. The Morgan fingerprint density at radius 2 is 1.73 bits per heavy atom. The Kier molecular flexibility index (Phi) is 6.64. The van der Waals surface area contributed by atoms with Gasteiger partial charge < -0.3 is 19.5 Å².